The molecule has 0 aliphatic heterocycles. The summed E-state index contributed by atoms with van der Waals surface area (Å²) in [6, 6.07) is 7.12. The number of hydrogen-bond acceptors (Lipinski definition) is 6. The Hall–Kier alpha value is -3.09. The van der Waals surface area contributed by atoms with Gasteiger partial charge in [0, 0.05) is 37.7 Å². The van der Waals surface area contributed by atoms with Crippen LogP contribution in [-0.4, -0.2) is 39.9 Å². The van der Waals surface area contributed by atoms with Crippen molar-refractivity contribution in [3.63, 3.8) is 0 Å². The number of carbonyl (C=O) groups is 1. The van der Waals surface area contributed by atoms with E-state index in [0.29, 0.717) is 23.6 Å². The van der Waals surface area contributed by atoms with Gasteiger partial charge in [-0.2, -0.15) is 0 Å². The van der Waals surface area contributed by atoms with Gasteiger partial charge >= 0.3 is 0 Å². The second-order valence-electron chi connectivity index (χ2n) is 5.64. The number of amides is 1. The van der Waals surface area contributed by atoms with Crippen LogP contribution in [0.1, 0.15) is 21.7 Å². The third kappa shape index (κ3) is 3.45. The summed E-state index contributed by atoms with van der Waals surface area (Å²) in [7, 11) is 3.76. The van der Waals surface area contributed by atoms with Crippen molar-refractivity contribution in [1.29, 1.82) is 0 Å². The molecule has 2 aromatic heterocycles. The molecule has 0 fully saturated rings. The minimum atomic E-state index is -0.176. The third-order valence-electron chi connectivity index (χ3n) is 3.46. The number of aromatic nitrogens is 4. The largest absolute Gasteiger partial charge is 0.347 e. The summed E-state index contributed by atoms with van der Waals surface area (Å²) in [4.78, 5) is 31.4. The molecule has 0 saturated heterocycles. The summed E-state index contributed by atoms with van der Waals surface area (Å²) >= 11 is 0. The van der Waals surface area contributed by atoms with Crippen molar-refractivity contribution < 1.29 is 4.79 Å². The molecule has 1 aromatic carbocycles. The van der Waals surface area contributed by atoms with Gasteiger partial charge in [-0.1, -0.05) is 0 Å². The molecule has 1 N–H and O–H groups in total. The number of nitrogens with one attached hydrogen (secondary N) is 1. The number of nitrogens with zero attached hydrogens (tertiary/aromatic N) is 5. The number of benzene rings is 1. The van der Waals surface area contributed by atoms with Crippen LogP contribution in [0.25, 0.3) is 11.0 Å². The van der Waals surface area contributed by atoms with Crippen LogP contribution in [0.4, 0.5) is 5.95 Å². The zero-order chi connectivity index (χ0) is 17.1. The molecule has 7 heteroatoms. The zero-order valence-electron chi connectivity index (χ0n) is 13.8. The van der Waals surface area contributed by atoms with E-state index in [0.717, 1.165) is 16.9 Å². The van der Waals surface area contributed by atoms with Gasteiger partial charge in [-0.25, -0.2) is 9.97 Å². The molecule has 0 bridgehead atoms. The van der Waals surface area contributed by atoms with Crippen molar-refractivity contribution in [3.05, 3.63) is 53.6 Å². The maximum absolute atomic E-state index is 12.4. The lowest BCUT2D eigenvalue weighted by Gasteiger charge is -2.12. The molecular weight excluding hydrogens is 304 g/mol. The number of rotatable bonds is 4. The van der Waals surface area contributed by atoms with Crippen molar-refractivity contribution in [2.75, 3.05) is 19.0 Å². The minimum absolute atomic E-state index is 0.176. The second kappa shape index (κ2) is 6.57. The Labute approximate surface area is 139 Å². The third-order valence-corrected chi connectivity index (χ3v) is 3.46. The minimum Gasteiger partial charge on any atom is -0.347 e. The molecule has 1 amide bonds. The van der Waals surface area contributed by atoms with Crippen LogP contribution in [0, 0.1) is 6.92 Å². The van der Waals surface area contributed by atoms with E-state index >= 15 is 0 Å². The number of anilines is 1. The monoisotopic (exact) mass is 322 g/mol. The smallest absolute Gasteiger partial charge is 0.251 e. The van der Waals surface area contributed by atoms with Gasteiger partial charge < -0.3 is 10.2 Å². The number of fused-ring (bicyclic) bond motifs is 1. The van der Waals surface area contributed by atoms with Crippen molar-refractivity contribution in [1.82, 2.24) is 25.3 Å². The maximum atomic E-state index is 12.4. The average Bonchev–Trinajstić information content (AvgIpc) is 2.58. The summed E-state index contributed by atoms with van der Waals surface area (Å²) in [5.74, 6) is 0.449. The van der Waals surface area contributed by atoms with Crippen LogP contribution >= 0.6 is 0 Å². The van der Waals surface area contributed by atoms with Crippen LogP contribution in [0.5, 0.6) is 0 Å². The Balaban J connectivity index is 1.75. The summed E-state index contributed by atoms with van der Waals surface area (Å²) in [5, 5.41) is 2.88. The predicted molar refractivity (Wildman–Crippen MR) is 91.8 cm³/mol. The van der Waals surface area contributed by atoms with Gasteiger partial charge in [-0.05, 0) is 31.2 Å². The SMILES string of the molecule is Cc1cc(CNC(=O)c2ccc3nccnc3c2)nc(N(C)C)n1. The molecule has 3 aromatic rings. The number of aryl methyl sites for hydroxylation is 1. The Morgan fingerprint density at radius 1 is 1.08 bits per heavy atom. The van der Waals surface area contributed by atoms with Gasteiger partial charge in [0.15, 0.2) is 0 Å². The lowest BCUT2D eigenvalue weighted by molar-refractivity contribution is 0.0950. The van der Waals surface area contributed by atoms with E-state index in [-0.39, 0.29) is 5.91 Å². The van der Waals surface area contributed by atoms with Crippen molar-refractivity contribution in [2.45, 2.75) is 13.5 Å². The van der Waals surface area contributed by atoms with Gasteiger partial charge in [0.25, 0.3) is 5.91 Å². The van der Waals surface area contributed by atoms with Gasteiger partial charge in [-0.15, -0.1) is 0 Å². The number of hydrogen-bond donors (Lipinski definition) is 1. The van der Waals surface area contributed by atoms with E-state index in [4.69, 9.17) is 0 Å². The molecule has 122 valence electrons. The Kier molecular flexibility index (Phi) is 4.33. The first kappa shape index (κ1) is 15.8. The van der Waals surface area contributed by atoms with Gasteiger partial charge in [0.2, 0.25) is 5.95 Å². The first-order chi connectivity index (χ1) is 11.5. The highest BCUT2D eigenvalue weighted by atomic mass is 16.1. The summed E-state index contributed by atoms with van der Waals surface area (Å²) < 4.78 is 0. The van der Waals surface area contributed by atoms with Crippen molar-refractivity contribution in [2.24, 2.45) is 0 Å². The topological polar surface area (TPSA) is 83.9 Å². The summed E-state index contributed by atoms with van der Waals surface area (Å²) in [5.41, 5.74) is 3.62. The van der Waals surface area contributed by atoms with Crippen LogP contribution in [0.3, 0.4) is 0 Å². The Bertz CT molecular complexity index is 893. The van der Waals surface area contributed by atoms with E-state index in [1.165, 1.54) is 0 Å². The molecule has 0 atom stereocenters. The fourth-order valence-corrected chi connectivity index (χ4v) is 2.28. The zero-order valence-corrected chi connectivity index (χ0v) is 13.8. The fraction of sp³-hybridized carbons (Fsp3) is 0.235. The first-order valence-corrected chi connectivity index (χ1v) is 7.54. The summed E-state index contributed by atoms with van der Waals surface area (Å²) in [6.07, 6.45) is 3.23. The highest BCUT2D eigenvalue weighted by Crippen LogP contribution is 2.11. The van der Waals surface area contributed by atoms with Gasteiger partial charge in [0.1, 0.15) is 0 Å². The van der Waals surface area contributed by atoms with E-state index < -0.39 is 0 Å². The molecule has 24 heavy (non-hydrogen) atoms. The quantitative estimate of drug-likeness (QED) is 0.787. The number of carbonyl (C=O) groups excluding carboxylic acids is 1. The molecule has 0 spiro atoms. The van der Waals surface area contributed by atoms with E-state index in [1.54, 1.807) is 30.6 Å². The van der Waals surface area contributed by atoms with E-state index in [1.807, 2.05) is 32.0 Å². The molecule has 0 saturated carbocycles. The van der Waals surface area contributed by atoms with E-state index in [2.05, 4.69) is 25.3 Å². The molecule has 3 rings (SSSR count). The molecule has 0 radical (unpaired) electrons. The average molecular weight is 322 g/mol. The Morgan fingerprint density at radius 2 is 1.83 bits per heavy atom. The van der Waals surface area contributed by atoms with Crippen molar-refractivity contribution >= 4 is 22.9 Å². The fourth-order valence-electron chi connectivity index (χ4n) is 2.28. The predicted octanol–water partition coefficient (Wildman–Crippen LogP) is 1.72. The normalized spacial score (nSPS) is 10.6. The highest BCUT2D eigenvalue weighted by Gasteiger charge is 2.09. The van der Waals surface area contributed by atoms with Crippen LogP contribution in [-0.2, 0) is 6.54 Å². The summed E-state index contributed by atoms with van der Waals surface area (Å²) in [6.45, 7) is 2.24. The lowest BCUT2D eigenvalue weighted by atomic mass is 10.2. The molecule has 0 unspecified atom stereocenters. The molecule has 2 heterocycles. The highest BCUT2D eigenvalue weighted by molar-refractivity contribution is 5.97. The standard InChI is InChI=1S/C17H18N6O/c1-11-8-13(22-17(21-11)23(2)3)10-20-16(24)12-4-5-14-15(9-12)19-7-6-18-14/h4-9H,10H2,1-3H3,(H,20,24). The molecule has 7 nitrogen and oxygen atoms in total. The second-order valence-corrected chi connectivity index (χ2v) is 5.64. The van der Waals surface area contributed by atoms with Crippen LogP contribution in [0.15, 0.2) is 36.7 Å². The van der Waals surface area contributed by atoms with Crippen molar-refractivity contribution in [3.8, 4) is 0 Å². The molecular formula is C17H18N6O. The lowest BCUT2D eigenvalue weighted by Crippen LogP contribution is -2.24. The maximum Gasteiger partial charge on any atom is 0.251 e. The van der Waals surface area contributed by atoms with Gasteiger partial charge in [0.05, 0.1) is 23.3 Å². The van der Waals surface area contributed by atoms with Crippen LogP contribution < -0.4 is 10.2 Å². The van der Waals surface area contributed by atoms with E-state index in [9.17, 15) is 4.79 Å². The first-order valence-electron chi connectivity index (χ1n) is 7.54. The molecule has 0 aliphatic carbocycles. The van der Waals surface area contributed by atoms with Gasteiger partial charge in [-0.3, -0.25) is 14.8 Å². The Morgan fingerprint density at radius 3 is 2.58 bits per heavy atom. The van der Waals surface area contributed by atoms with Crippen LogP contribution in [0.2, 0.25) is 0 Å². The molecule has 0 aliphatic rings.